The van der Waals surface area contributed by atoms with Gasteiger partial charge >= 0.3 is 0 Å². The van der Waals surface area contributed by atoms with Gasteiger partial charge in [-0.1, -0.05) is 0 Å². The Balaban J connectivity index is 0. The second-order valence-electron chi connectivity index (χ2n) is 1.36. The predicted octanol–water partition coefficient (Wildman–Crippen LogP) is -2.23. The quantitative estimate of drug-likeness (QED) is 0.366. The van der Waals surface area contributed by atoms with Crippen molar-refractivity contribution in [1.29, 1.82) is 0 Å². The largest absolute Gasteiger partial charge is 0.822 e. The third-order valence-electron chi connectivity index (χ3n) is 0. The SMILES string of the molecule is CC(C)=O.O=P([O-])([O-])[O-]. The van der Waals surface area contributed by atoms with Gasteiger partial charge in [-0.2, -0.15) is 7.82 Å². The van der Waals surface area contributed by atoms with Crippen LogP contribution in [0.1, 0.15) is 13.8 Å². The first-order valence-electron chi connectivity index (χ1n) is 1.93. The number of hydrogen-bond acceptors (Lipinski definition) is 5. The van der Waals surface area contributed by atoms with E-state index in [0.717, 1.165) is 0 Å². The van der Waals surface area contributed by atoms with Crippen LogP contribution in [0.25, 0.3) is 0 Å². The van der Waals surface area contributed by atoms with E-state index in [-0.39, 0.29) is 5.78 Å². The van der Waals surface area contributed by atoms with Gasteiger partial charge in [-0.25, -0.2) is 0 Å². The predicted molar refractivity (Wildman–Crippen MR) is 24.0 cm³/mol. The number of Topliss-reactive ketones (excluding diaryl/α,β-unsaturated/α-hetero) is 1. The Bertz CT molecular complexity index is 112. The molecule has 0 aromatic heterocycles. The van der Waals surface area contributed by atoms with E-state index in [4.69, 9.17) is 19.2 Å². The van der Waals surface area contributed by atoms with Crippen LogP contribution >= 0.6 is 7.82 Å². The van der Waals surface area contributed by atoms with Crippen molar-refractivity contribution in [1.82, 2.24) is 0 Å². The summed E-state index contributed by atoms with van der Waals surface area (Å²) in [6.07, 6.45) is 0. The van der Waals surface area contributed by atoms with Crippen molar-refractivity contribution in [2.75, 3.05) is 0 Å². The standard InChI is InChI=1S/C3H6O.H3O4P/c1-3(2)4;1-5(2,3)4/h1-2H3;(H3,1,2,3,4)/p-3. The summed E-state index contributed by atoms with van der Waals surface area (Å²) in [5, 5.41) is 0. The van der Waals surface area contributed by atoms with Crippen LogP contribution in [0.5, 0.6) is 0 Å². The maximum Gasteiger partial charge on any atom is 0.126 e. The Hall–Kier alpha value is -0.220. The number of rotatable bonds is 0. The van der Waals surface area contributed by atoms with Crippen LogP contribution in [-0.2, 0) is 9.36 Å². The molecule has 0 atom stereocenters. The van der Waals surface area contributed by atoms with Crippen LogP contribution in [0.2, 0.25) is 0 Å². The van der Waals surface area contributed by atoms with Crippen molar-refractivity contribution in [3.8, 4) is 0 Å². The van der Waals surface area contributed by atoms with Crippen LogP contribution in [-0.4, -0.2) is 5.78 Å². The van der Waals surface area contributed by atoms with Crippen molar-refractivity contribution in [3.63, 3.8) is 0 Å². The van der Waals surface area contributed by atoms with Crippen molar-refractivity contribution in [2.24, 2.45) is 0 Å². The van der Waals surface area contributed by atoms with Gasteiger partial charge in [-0.15, -0.1) is 0 Å². The summed E-state index contributed by atoms with van der Waals surface area (Å²) in [6.45, 7) is 3.06. The highest BCUT2D eigenvalue weighted by molar-refractivity contribution is 7.40. The zero-order valence-electron chi connectivity index (χ0n) is 4.99. The molecule has 0 aliphatic rings. The summed E-state index contributed by atoms with van der Waals surface area (Å²) in [6, 6.07) is 0. The lowest BCUT2D eigenvalue weighted by Gasteiger charge is -2.36. The molecule has 0 N–H and O–H groups in total. The highest BCUT2D eigenvalue weighted by Gasteiger charge is 1.62. The first-order valence-corrected chi connectivity index (χ1v) is 3.40. The monoisotopic (exact) mass is 153 g/mol. The summed E-state index contributed by atoms with van der Waals surface area (Å²) in [7, 11) is -5.39. The second kappa shape index (κ2) is 4.64. The molecule has 0 aromatic carbocycles. The minimum atomic E-state index is -5.39. The molecule has 9 heavy (non-hydrogen) atoms. The normalized spacial score (nSPS) is 9.44. The van der Waals surface area contributed by atoms with E-state index in [9.17, 15) is 4.79 Å². The van der Waals surface area contributed by atoms with Crippen LogP contribution in [0.3, 0.4) is 0 Å². The fourth-order valence-corrected chi connectivity index (χ4v) is 0. The fraction of sp³-hybridized carbons (Fsp3) is 0.667. The zero-order chi connectivity index (χ0) is 8.08. The third kappa shape index (κ3) is 5370. The molecule has 0 aromatic rings. The lowest BCUT2D eigenvalue weighted by atomic mass is 10.6. The number of carbonyl (C=O) groups is 1. The Morgan fingerprint density at radius 2 is 1.22 bits per heavy atom. The van der Waals surface area contributed by atoms with Crippen LogP contribution in [0.4, 0.5) is 0 Å². The van der Waals surface area contributed by atoms with Gasteiger partial charge in [0.2, 0.25) is 0 Å². The van der Waals surface area contributed by atoms with E-state index in [1.54, 1.807) is 0 Å². The van der Waals surface area contributed by atoms with E-state index in [2.05, 4.69) is 0 Å². The molecule has 0 spiro atoms. The van der Waals surface area contributed by atoms with Gasteiger partial charge < -0.3 is 24.0 Å². The van der Waals surface area contributed by atoms with E-state index in [0.29, 0.717) is 0 Å². The first kappa shape index (κ1) is 11.6. The lowest BCUT2D eigenvalue weighted by Crippen LogP contribution is -2.24. The Labute approximate surface area is 52.6 Å². The van der Waals surface area contributed by atoms with Gasteiger partial charge in [-0.3, -0.25) is 0 Å². The number of ketones is 1. The molecule has 0 bridgehead atoms. The molecular weight excluding hydrogens is 147 g/mol. The molecule has 0 fully saturated rings. The van der Waals surface area contributed by atoms with Gasteiger partial charge in [0.1, 0.15) is 5.78 Å². The zero-order valence-corrected chi connectivity index (χ0v) is 5.88. The average molecular weight is 153 g/mol. The molecule has 56 valence electrons. The molecular formula is C3H6O5P-3. The minimum Gasteiger partial charge on any atom is -0.822 e. The molecule has 0 amide bonds. The molecule has 0 saturated carbocycles. The summed E-state index contributed by atoms with van der Waals surface area (Å²) >= 11 is 0. The van der Waals surface area contributed by atoms with Crippen molar-refractivity contribution in [3.05, 3.63) is 0 Å². The lowest BCUT2D eigenvalue weighted by molar-refractivity contribution is -0.432. The molecule has 0 heterocycles. The van der Waals surface area contributed by atoms with Gasteiger partial charge in [0, 0.05) is 0 Å². The molecule has 0 rings (SSSR count). The maximum atomic E-state index is 9.44. The Morgan fingerprint density at radius 1 is 1.22 bits per heavy atom. The molecule has 0 aliphatic carbocycles. The molecule has 0 radical (unpaired) electrons. The van der Waals surface area contributed by atoms with Gasteiger partial charge in [0.05, 0.1) is 0 Å². The Kier molecular flexibility index (Phi) is 5.96. The fourth-order valence-electron chi connectivity index (χ4n) is 0. The summed E-state index contributed by atoms with van der Waals surface area (Å²) in [4.78, 5) is 35.1. The van der Waals surface area contributed by atoms with E-state index in [1.165, 1.54) is 13.8 Å². The van der Waals surface area contributed by atoms with E-state index < -0.39 is 7.82 Å². The van der Waals surface area contributed by atoms with Crippen molar-refractivity contribution >= 4 is 13.6 Å². The highest BCUT2D eigenvalue weighted by atomic mass is 31.2. The smallest absolute Gasteiger partial charge is 0.126 e. The highest BCUT2D eigenvalue weighted by Crippen LogP contribution is 2.03. The number of hydrogen-bond donors (Lipinski definition) is 0. The van der Waals surface area contributed by atoms with Crippen LogP contribution in [0, 0.1) is 0 Å². The maximum absolute atomic E-state index is 9.44. The van der Waals surface area contributed by atoms with Crippen molar-refractivity contribution in [2.45, 2.75) is 13.8 Å². The molecule has 0 unspecified atom stereocenters. The second-order valence-corrected chi connectivity index (χ2v) is 2.25. The van der Waals surface area contributed by atoms with Crippen molar-refractivity contribution < 1.29 is 24.0 Å². The average Bonchev–Trinajstić information content (AvgIpc) is 1.19. The number of carbonyl (C=O) groups excluding carboxylic acids is 1. The Morgan fingerprint density at radius 3 is 1.22 bits per heavy atom. The summed E-state index contributed by atoms with van der Waals surface area (Å²) in [5.41, 5.74) is 0. The topological polar surface area (TPSA) is 103 Å². The van der Waals surface area contributed by atoms with Gasteiger partial charge in [0.25, 0.3) is 0 Å². The van der Waals surface area contributed by atoms with E-state index in [1.807, 2.05) is 0 Å². The van der Waals surface area contributed by atoms with Gasteiger partial charge in [-0.05, 0) is 13.8 Å². The first-order chi connectivity index (χ1) is 3.73. The summed E-state index contributed by atoms with van der Waals surface area (Å²) in [5.74, 6) is 0.167. The van der Waals surface area contributed by atoms with E-state index >= 15 is 0 Å². The minimum absolute atomic E-state index is 0.167. The molecule has 0 saturated heterocycles. The number of phosphoric acid groups is 1. The third-order valence-corrected chi connectivity index (χ3v) is 0. The molecule has 5 nitrogen and oxygen atoms in total. The molecule has 0 aliphatic heterocycles. The molecule has 6 heteroatoms. The van der Waals surface area contributed by atoms with Gasteiger partial charge in [0.15, 0.2) is 0 Å². The van der Waals surface area contributed by atoms with Crippen LogP contribution in [0.15, 0.2) is 0 Å². The van der Waals surface area contributed by atoms with Crippen LogP contribution < -0.4 is 14.7 Å². The summed E-state index contributed by atoms with van der Waals surface area (Å²) < 4.78 is 8.55.